The summed E-state index contributed by atoms with van der Waals surface area (Å²) < 4.78 is 4.85. The summed E-state index contributed by atoms with van der Waals surface area (Å²) in [7, 11) is 5.58. The highest BCUT2D eigenvalue weighted by molar-refractivity contribution is 5.93. The zero-order valence-corrected chi connectivity index (χ0v) is 11.6. The van der Waals surface area contributed by atoms with Gasteiger partial charge in [-0.25, -0.2) is 9.97 Å². The molecule has 106 valence electrons. The lowest BCUT2D eigenvalue weighted by atomic mass is 10.3. The number of nitrogens with one attached hydrogen (secondary N) is 2. The number of anilines is 1. The number of carbonyl (C=O) groups excluding carboxylic acids is 1. The first-order chi connectivity index (χ1) is 9.13. The Labute approximate surface area is 113 Å². The number of methoxy groups -OCH3 is 1. The van der Waals surface area contributed by atoms with Crippen LogP contribution >= 0.6 is 0 Å². The van der Waals surface area contributed by atoms with E-state index in [4.69, 9.17) is 4.74 Å². The van der Waals surface area contributed by atoms with Crippen molar-refractivity contribution < 1.29 is 9.53 Å². The van der Waals surface area contributed by atoms with Gasteiger partial charge in [-0.15, -0.1) is 0 Å². The second-order valence-electron chi connectivity index (χ2n) is 4.27. The summed E-state index contributed by atoms with van der Waals surface area (Å²) >= 11 is 0. The fraction of sp³-hybridized carbons (Fsp3) is 0.583. The minimum absolute atomic E-state index is 0.197. The topological polar surface area (TPSA) is 79.4 Å². The van der Waals surface area contributed by atoms with E-state index in [1.54, 1.807) is 7.11 Å². The first kappa shape index (κ1) is 15.3. The molecule has 0 unspecified atom stereocenters. The molecule has 2 N–H and O–H groups in total. The summed E-state index contributed by atoms with van der Waals surface area (Å²) in [5.41, 5.74) is 0.439. The van der Waals surface area contributed by atoms with Gasteiger partial charge in [-0.05, 0) is 14.1 Å². The van der Waals surface area contributed by atoms with Crippen LogP contribution in [0.15, 0.2) is 12.4 Å². The van der Waals surface area contributed by atoms with Crippen molar-refractivity contribution in [3.63, 3.8) is 0 Å². The highest BCUT2D eigenvalue weighted by Crippen LogP contribution is 1.99. The Balaban J connectivity index is 2.40. The number of likely N-dealkylation sites (N-methyl/N-ethyl adjacent to an activating group) is 1. The van der Waals surface area contributed by atoms with E-state index < -0.39 is 0 Å². The molecule has 7 nitrogen and oxygen atoms in total. The van der Waals surface area contributed by atoms with Crippen LogP contribution in [0.2, 0.25) is 0 Å². The zero-order chi connectivity index (χ0) is 14.1. The predicted octanol–water partition coefficient (Wildman–Crippen LogP) is -0.174. The van der Waals surface area contributed by atoms with E-state index in [9.17, 15) is 4.79 Å². The van der Waals surface area contributed by atoms with Gasteiger partial charge in [-0.3, -0.25) is 4.79 Å². The number of carbonyl (C=O) groups is 1. The molecule has 0 aliphatic rings. The molecule has 0 saturated carbocycles. The van der Waals surface area contributed by atoms with Crippen molar-refractivity contribution in [3.05, 3.63) is 18.0 Å². The molecule has 0 aromatic carbocycles. The van der Waals surface area contributed by atoms with Gasteiger partial charge in [0.15, 0.2) is 0 Å². The van der Waals surface area contributed by atoms with Crippen molar-refractivity contribution in [1.29, 1.82) is 0 Å². The smallest absolute Gasteiger partial charge is 0.254 e. The number of hydrogen-bond acceptors (Lipinski definition) is 6. The molecule has 1 aromatic heterocycles. The Morgan fingerprint density at radius 2 is 2.00 bits per heavy atom. The van der Waals surface area contributed by atoms with Gasteiger partial charge in [0.2, 0.25) is 5.95 Å². The average Bonchev–Trinajstić information content (AvgIpc) is 2.39. The van der Waals surface area contributed by atoms with Crippen molar-refractivity contribution in [3.8, 4) is 0 Å². The third-order valence-electron chi connectivity index (χ3n) is 2.35. The van der Waals surface area contributed by atoms with Crippen LogP contribution in [0.25, 0.3) is 0 Å². The third kappa shape index (κ3) is 6.12. The maximum absolute atomic E-state index is 11.7. The van der Waals surface area contributed by atoms with Gasteiger partial charge >= 0.3 is 0 Å². The fourth-order valence-electron chi connectivity index (χ4n) is 1.30. The van der Waals surface area contributed by atoms with Gasteiger partial charge in [-0.2, -0.15) is 0 Å². The van der Waals surface area contributed by atoms with Crippen LogP contribution < -0.4 is 10.6 Å². The molecule has 0 spiro atoms. The molecule has 0 aliphatic heterocycles. The predicted molar refractivity (Wildman–Crippen MR) is 73.3 cm³/mol. The first-order valence-electron chi connectivity index (χ1n) is 6.11. The van der Waals surface area contributed by atoms with E-state index in [1.165, 1.54) is 12.4 Å². The number of ether oxygens (including phenoxy) is 1. The minimum atomic E-state index is -0.197. The van der Waals surface area contributed by atoms with Gasteiger partial charge < -0.3 is 20.3 Å². The maximum atomic E-state index is 11.7. The van der Waals surface area contributed by atoms with Crippen LogP contribution in [-0.2, 0) is 4.74 Å². The average molecular weight is 267 g/mol. The molecule has 0 saturated heterocycles. The highest BCUT2D eigenvalue weighted by atomic mass is 16.5. The van der Waals surface area contributed by atoms with Gasteiger partial charge in [-0.1, -0.05) is 0 Å². The van der Waals surface area contributed by atoms with Crippen LogP contribution in [-0.4, -0.2) is 68.2 Å². The second kappa shape index (κ2) is 8.39. The molecule has 19 heavy (non-hydrogen) atoms. The van der Waals surface area contributed by atoms with Crippen LogP contribution in [0, 0.1) is 0 Å². The molecule has 0 atom stereocenters. The summed E-state index contributed by atoms with van der Waals surface area (Å²) in [5, 5.41) is 5.79. The number of aromatic nitrogens is 2. The Morgan fingerprint density at radius 1 is 1.32 bits per heavy atom. The first-order valence-corrected chi connectivity index (χ1v) is 6.11. The summed E-state index contributed by atoms with van der Waals surface area (Å²) in [5.74, 6) is 0.326. The SMILES string of the molecule is COCCNC(=O)c1cnc(NCCN(C)C)nc1. The van der Waals surface area contributed by atoms with Gasteiger partial charge in [0.25, 0.3) is 5.91 Å². The van der Waals surface area contributed by atoms with Gasteiger partial charge in [0.1, 0.15) is 0 Å². The molecule has 0 aliphatic carbocycles. The van der Waals surface area contributed by atoms with Gasteiger partial charge in [0.05, 0.1) is 12.2 Å². The lowest BCUT2D eigenvalue weighted by Crippen LogP contribution is -2.27. The molecular formula is C12H21N5O2. The number of hydrogen-bond donors (Lipinski definition) is 2. The Kier molecular flexibility index (Phi) is 6.76. The molecule has 0 bridgehead atoms. The number of amides is 1. The van der Waals surface area contributed by atoms with Crippen molar-refractivity contribution >= 4 is 11.9 Å². The summed E-state index contributed by atoms with van der Waals surface area (Å²) in [6.45, 7) is 2.60. The highest BCUT2D eigenvalue weighted by Gasteiger charge is 2.06. The lowest BCUT2D eigenvalue weighted by molar-refractivity contribution is 0.0936. The van der Waals surface area contributed by atoms with Crippen molar-refractivity contribution in [2.45, 2.75) is 0 Å². The quantitative estimate of drug-likeness (QED) is 0.636. The molecule has 0 radical (unpaired) electrons. The Morgan fingerprint density at radius 3 is 2.58 bits per heavy atom. The van der Waals surface area contributed by atoms with E-state index in [-0.39, 0.29) is 5.91 Å². The number of rotatable bonds is 8. The van der Waals surface area contributed by atoms with E-state index >= 15 is 0 Å². The molecule has 7 heteroatoms. The largest absolute Gasteiger partial charge is 0.383 e. The third-order valence-corrected chi connectivity index (χ3v) is 2.35. The number of nitrogens with zero attached hydrogens (tertiary/aromatic N) is 3. The van der Waals surface area contributed by atoms with Crippen LogP contribution in [0.4, 0.5) is 5.95 Å². The standard InChI is InChI=1S/C12H21N5O2/c1-17(2)6-4-14-12-15-8-10(9-16-12)11(18)13-5-7-19-3/h8-9H,4-7H2,1-3H3,(H,13,18)(H,14,15,16). The van der Waals surface area contributed by atoms with E-state index in [1.807, 2.05) is 14.1 Å². The van der Waals surface area contributed by atoms with E-state index in [2.05, 4.69) is 25.5 Å². The van der Waals surface area contributed by atoms with Crippen molar-refractivity contribution in [2.75, 3.05) is 52.8 Å². The van der Waals surface area contributed by atoms with E-state index in [0.717, 1.165) is 13.1 Å². The normalized spacial score (nSPS) is 10.5. The van der Waals surface area contributed by atoms with Gasteiger partial charge in [0, 0.05) is 39.1 Å². The second-order valence-corrected chi connectivity index (χ2v) is 4.27. The minimum Gasteiger partial charge on any atom is -0.383 e. The molecular weight excluding hydrogens is 246 g/mol. The van der Waals surface area contributed by atoms with Crippen LogP contribution in [0.5, 0.6) is 0 Å². The Hall–Kier alpha value is -1.73. The molecule has 0 fully saturated rings. The Bertz CT molecular complexity index is 380. The van der Waals surface area contributed by atoms with Crippen molar-refractivity contribution in [1.82, 2.24) is 20.2 Å². The van der Waals surface area contributed by atoms with Crippen LogP contribution in [0.3, 0.4) is 0 Å². The monoisotopic (exact) mass is 267 g/mol. The summed E-state index contributed by atoms with van der Waals surface area (Å²) in [6, 6.07) is 0. The summed E-state index contributed by atoms with van der Waals surface area (Å²) in [4.78, 5) is 21.9. The van der Waals surface area contributed by atoms with Crippen molar-refractivity contribution in [2.24, 2.45) is 0 Å². The molecule has 1 amide bonds. The zero-order valence-electron chi connectivity index (χ0n) is 11.6. The lowest BCUT2D eigenvalue weighted by Gasteiger charge is -2.10. The molecule has 1 rings (SSSR count). The maximum Gasteiger partial charge on any atom is 0.254 e. The molecule has 1 heterocycles. The van der Waals surface area contributed by atoms with E-state index in [0.29, 0.717) is 24.7 Å². The fourth-order valence-corrected chi connectivity index (χ4v) is 1.30. The summed E-state index contributed by atoms with van der Waals surface area (Å²) in [6.07, 6.45) is 3.01. The van der Waals surface area contributed by atoms with Crippen LogP contribution in [0.1, 0.15) is 10.4 Å². The molecule has 1 aromatic rings.